The number of aryl methyl sites for hydroxylation is 1. The van der Waals surface area contributed by atoms with Crippen molar-refractivity contribution in [1.29, 1.82) is 0 Å². The second kappa shape index (κ2) is 7.64. The summed E-state index contributed by atoms with van der Waals surface area (Å²) in [7, 11) is 0. The van der Waals surface area contributed by atoms with Crippen LogP contribution >= 0.6 is 0 Å². The highest BCUT2D eigenvalue weighted by Crippen LogP contribution is 2.35. The summed E-state index contributed by atoms with van der Waals surface area (Å²) < 4.78 is 16.6. The lowest BCUT2D eigenvalue weighted by Crippen LogP contribution is -2.08. The summed E-state index contributed by atoms with van der Waals surface area (Å²) in [6.45, 7) is 6.16. The SMILES string of the molecule is Cc1cc(Nc2ccc3c(c2)OCO3)nc(Nc2ccccc2OC(C)C)n1. The number of nitrogens with one attached hydrogen (secondary N) is 2. The number of anilines is 4. The molecule has 7 heteroatoms. The second-order valence-electron chi connectivity index (χ2n) is 6.70. The molecule has 1 aromatic heterocycles. The highest BCUT2D eigenvalue weighted by Gasteiger charge is 2.14. The van der Waals surface area contributed by atoms with Crippen molar-refractivity contribution in [2.75, 3.05) is 17.4 Å². The van der Waals surface area contributed by atoms with E-state index in [1.807, 2.05) is 69.3 Å². The van der Waals surface area contributed by atoms with Gasteiger partial charge >= 0.3 is 0 Å². The van der Waals surface area contributed by atoms with E-state index in [0.29, 0.717) is 17.5 Å². The van der Waals surface area contributed by atoms with Crippen LogP contribution in [0.4, 0.5) is 23.1 Å². The van der Waals surface area contributed by atoms with Gasteiger partial charge in [0.2, 0.25) is 12.7 Å². The Morgan fingerprint density at radius 3 is 2.64 bits per heavy atom. The fraction of sp³-hybridized carbons (Fsp3) is 0.238. The molecule has 3 aromatic rings. The van der Waals surface area contributed by atoms with Gasteiger partial charge in [-0.15, -0.1) is 0 Å². The van der Waals surface area contributed by atoms with Crippen molar-refractivity contribution in [3.63, 3.8) is 0 Å². The monoisotopic (exact) mass is 378 g/mol. The third-order valence-electron chi connectivity index (χ3n) is 4.00. The summed E-state index contributed by atoms with van der Waals surface area (Å²) in [5.74, 6) is 3.38. The van der Waals surface area contributed by atoms with Crippen LogP contribution in [0.25, 0.3) is 0 Å². The van der Waals surface area contributed by atoms with E-state index in [0.717, 1.165) is 28.6 Å². The van der Waals surface area contributed by atoms with E-state index in [-0.39, 0.29) is 12.9 Å². The lowest BCUT2D eigenvalue weighted by atomic mass is 10.2. The maximum Gasteiger partial charge on any atom is 0.231 e. The quantitative estimate of drug-likeness (QED) is 0.639. The molecule has 0 amide bonds. The minimum Gasteiger partial charge on any atom is -0.489 e. The van der Waals surface area contributed by atoms with Crippen LogP contribution in [0.15, 0.2) is 48.5 Å². The van der Waals surface area contributed by atoms with Gasteiger partial charge in [0.1, 0.15) is 11.6 Å². The zero-order valence-corrected chi connectivity index (χ0v) is 16.0. The normalized spacial score (nSPS) is 12.1. The van der Waals surface area contributed by atoms with Crippen LogP contribution in [-0.4, -0.2) is 22.9 Å². The van der Waals surface area contributed by atoms with Gasteiger partial charge < -0.3 is 24.8 Å². The molecule has 1 aliphatic heterocycles. The number of benzene rings is 2. The fourth-order valence-electron chi connectivity index (χ4n) is 2.86. The van der Waals surface area contributed by atoms with Crippen molar-refractivity contribution >= 4 is 23.1 Å². The number of aromatic nitrogens is 2. The van der Waals surface area contributed by atoms with Crippen LogP contribution in [0.1, 0.15) is 19.5 Å². The predicted octanol–water partition coefficient (Wildman–Crippen LogP) is 4.79. The van der Waals surface area contributed by atoms with Gasteiger partial charge in [0, 0.05) is 23.5 Å². The van der Waals surface area contributed by atoms with Crippen LogP contribution < -0.4 is 24.8 Å². The zero-order valence-electron chi connectivity index (χ0n) is 16.0. The summed E-state index contributed by atoms with van der Waals surface area (Å²) in [6.07, 6.45) is 0.0737. The second-order valence-corrected chi connectivity index (χ2v) is 6.70. The van der Waals surface area contributed by atoms with E-state index >= 15 is 0 Å². The lowest BCUT2D eigenvalue weighted by molar-refractivity contribution is 0.174. The Labute approximate surface area is 163 Å². The Balaban J connectivity index is 1.56. The lowest BCUT2D eigenvalue weighted by Gasteiger charge is -2.15. The highest BCUT2D eigenvalue weighted by atomic mass is 16.7. The van der Waals surface area contributed by atoms with E-state index < -0.39 is 0 Å². The van der Waals surface area contributed by atoms with Gasteiger partial charge in [-0.05, 0) is 45.0 Å². The van der Waals surface area contributed by atoms with Gasteiger partial charge in [-0.2, -0.15) is 4.98 Å². The molecule has 0 saturated heterocycles. The maximum absolute atomic E-state index is 5.86. The topological polar surface area (TPSA) is 77.5 Å². The van der Waals surface area contributed by atoms with Crippen molar-refractivity contribution in [2.24, 2.45) is 0 Å². The molecule has 0 fully saturated rings. The minimum absolute atomic E-state index is 0.0737. The average Bonchev–Trinajstić information content (AvgIpc) is 3.10. The molecule has 4 rings (SSSR count). The summed E-state index contributed by atoms with van der Waals surface area (Å²) in [6, 6.07) is 15.3. The van der Waals surface area contributed by atoms with Gasteiger partial charge in [0.25, 0.3) is 0 Å². The molecule has 2 aromatic carbocycles. The molecule has 0 saturated carbocycles. The van der Waals surface area contributed by atoms with Crippen LogP contribution in [0.3, 0.4) is 0 Å². The van der Waals surface area contributed by atoms with Gasteiger partial charge in [-0.25, -0.2) is 4.98 Å². The zero-order chi connectivity index (χ0) is 19.5. The third-order valence-corrected chi connectivity index (χ3v) is 4.00. The predicted molar refractivity (Wildman–Crippen MR) is 108 cm³/mol. The molecule has 144 valence electrons. The van der Waals surface area contributed by atoms with Crippen LogP contribution in [-0.2, 0) is 0 Å². The Morgan fingerprint density at radius 1 is 0.964 bits per heavy atom. The number of hydrogen-bond donors (Lipinski definition) is 2. The first-order chi connectivity index (χ1) is 13.6. The summed E-state index contributed by atoms with van der Waals surface area (Å²) in [4.78, 5) is 9.06. The minimum atomic E-state index is 0.0737. The number of para-hydroxylation sites is 2. The van der Waals surface area contributed by atoms with Crippen molar-refractivity contribution in [1.82, 2.24) is 9.97 Å². The summed E-state index contributed by atoms with van der Waals surface area (Å²) in [5.41, 5.74) is 2.51. The number of nitrogens with zero attached hydrogens (tertiary/aromatic N) is 2. The van der Waals surface area contributed by atoms with E-state index in [2.05, 4.69) is 20.6 Å². The molecule has 28 heavy (non-hydrogen) atoms. The Bertz CT molecular complexity index is 991. The van der Waals surface area contributed by atoms with Crippen molar-refractivity contribution < 1.29 is 14.2 Å². The smallest absolute Gasteiger partial charge is 0.231 e. The van der Waals surface area contributed by atoms with E-state index in [1.54, 1.807) is 0 Å². The molecule has 0 bridgehead atoms. The van der Waals surface area contributed by atoms with Gasteiger partial charge in [0.05, 0.1) is 11.8 Å². The fourth-order valence-corrected chi connectivity index (χ4v) is 2.86. The molecular weight excluding hydrogens is 356 g/mol. The molecule has 1 aliphatic rings. The molecule has 0 atom stereocenters. The first-order valence-corrected chi connectivity index (χ1v) is 9.12. The van der Waals surface area contributed by atoms with Crippen LogP contribution in [0, 0.1) is 6.92 Å². The Hall–Kier alpha value is -3.48. The summed E-state index contributed by atoms with van der Waals surface area (Å²) in [5, 5.41) is 6.54. The van der Waals surface area contributed by atoms with Crippen molar-refractivity contribution in [3.05, 3.63) is 54.2 Å². The van der Waals surface area contributed by atoms with Gasteiger partial charge in [-0.1, -0.05) is 12.1 Å². The van der Waals surface area contributed by atoms with Gasteiger partial charge in [-0.3, -0.25) is 0 Å². The molecule has 2 heterocycles. The average molecular weight is 378 g/mol. The Morgan fingerprint density at radius 2 is 1.79 bits per heavy atom. The summed E-state index contributed by atoms with van der Waals surface area (Å²) >= 11 is 0. The first kappa shape index (κ1) is 17.9. The van der Waals surface area contributed by atoms with Crippen LogP contribution in [0.2, 0.25) is 0 Å². The molecular formula is C21H22N4O3. The first-order valence-electron chi connectivity index (χ1n) is 9.12. The van der Waals surface area contributed by atoms with Crippen LogP contribution in [0.5, 0.6) is 17.2 Å². The van der Waals surface area contributed by atoms with Gasteiger partial charge in [0.15, 0.2) is 11.5 Å². The largest absolute Gasteiger partial charge is 0.489 e. The standard InChI is InChI=1S/C21H22N4O3/c1-13(2)28-17-7-5-4-6-16(17)24-21-22-14(3)10-20(25-21)23-15-8-9-18-19(11-15)27-12-26-18/h4-11,13H,12H2,1-3H3,(H2,22,23,24,25). The molecule has 0 spiro atoms. The van der Waals surface area contributed by atoms with E-state index in [1.165, 1.54) is 0 Å². The maximum atomic E-state index is 5.86. The van der Waals surface area contributed by atoms with E-state index in [9.17, 15) is 0 Å². The Kier molecular flexibility index (Phi) is 4.89. The van der Waals surface area contributed by atoms with Crippen molar-refractivity contribution in [2.45, 2.75) is 26.9 Å². The number of rotatable bonds is 6. The molecule has 2 N–H and O–H groups in total. The molecule has 0 unspecified atom stereocenters. The third kappa shape index (κ3) is 4.09. The van der Waals surface area contributed by atoms with E-state index in [4.69, 9.17) is 14.2 Å². The van der Waals surface area contributed by atoms with Crippen molar-refractivity contribution in [3.8, 4) is 17.2 Å². The number of hydrogen-bond acceptors (Lipinski definition) is 7. The number of ether oxygens (including phenoxy) is 3. The number of fused-ring (bicyclic) bond motifs is 1. The highest BCUT2D eigenvalue weighted by molar-refractivity contribution is 5.66. The molecule has 0 aliphatic carbocycles. The molecule has 0 radical (unpaired) electrons. The molecule has 7 nitrogen and oxygen atoms in total.